The molecule has 2 heterocycles. The Morgan fingerprint density at radius 2 is 2.00 bits per heavy atom. The second-order valence-corrected chi connectivity index (χ2v) is 6.81. The summed E-state index contributed by atoms with van der Waals surface area (Å²) in [6.07, 6.45) is -2.10. The van der Waals surface area contributed by atoms with Gasteiger partial charge in [-0.25, -0.2) is 4.98 Å². The highest BCUT2D eigenvalue weighted by Gasteiger charge is 2.37. The van der Waals surface area contributed by atoms with Crippen molar-refractivity contribution in [1.29, 1.82) is 5.26 Å². The number of nitriles is 1. The highest BCUT2D eigenvalue weighted by molar-refractivity contribution is 5.73. The zero-order valence-corrected chi connectivity index (χ0v) is 16.1. The van der Waals surface area contributed by atoms with Gasteiger partial charge in [-0.1, -0.05) is 0 Å². The van der Waals surface area contributed by atoms with Gasteiger partial charge in [0, 0.05) is 19.3 Å². The Bertz CT molecular complexity index is 910. The van der Waals surface area contributed by atoms with Gasteiger partial charge in [0.15, 0.2) is 0 Å². The Hall–Kier alpha value is -3.28. The second-order valence-electron chi connectivity index (χ2n) is 6.81. The molecule has 0 bridgehead atoms. The summed E-state index contributed by atoms with van der Waals surface area (Å²) in [5, 5.41) is 8.76. The molecule has 0 radical (unpaired) electrons. The minimum absolute atomic E-state index is 0.0206. The third kappa shape index (κ3) is 5.41. The normalized spacial score (nSPS) is 16.6. The average molecular weight is 419 g/mol. The number of carbonyl (C=O) groups is 1. The number of anilines is 1. The lowest BCUT2D eigenvalue weighted by molar-refractivity contribution is -0.149. The van der Waals surface area contributed by atoms with Gasteiger partial charge in [-0.05, 0) is 49.2 Å². The number of piperidine rings is 1. The molecular formula is C21H20F3N3O3. The van der Waals surface area contributed by atoms with Gasteiger partial charge in [-0.3, -0.25) is 4.79 Å². The molecule has 0 N–H and O–H groups in total. The van der Waals surface area contributed by atoms with E-state index in [2.05, 4.69) is 4.98 Å². The van der Waals surface area contributed by atoms with Crippen molar-refractivity contribution in [3.05, 3.63) is 53.7 Å². The van der Waals surface area contributed by atoms with E-state index in [-0.39, 0.29) is 25.6 Å². The average Bonchev–Trinajstić information content (AvgIpc) is 2.76. The quantitative estimate of drug-likeness (QED) is 0.524. The number of rotatable bonds is 6. The first kappa shape index (κ1) is 21.4. The zero-order valence-electron chi connectivity index (χ0n) is 16.1. The largest absolute Gasteiger partial charge is 0.490 e. The van der Waals surface area contributed by atoms with Crippen LogP contribution in [0.4, 0.5) is 19.0 Å². The maximum Gasteiger partial charge on any atom is 0.419 e. The molecule has 1 aromatic carbocycles. The fourth-order valence-electron chi connectivity index (χ4n) is 3.28. The third-order valence-electron chi connectivity index (χ3n) is 4.73. The monoisotopic (exact) mass is 419 g/mol. The van der Waals surface area contributed by atoms with Crippen molar-refractivity contribution in [2.45, 2.75) is 19.0 Å². The number of hydrogen-bond acceptors (Lipinski definition) is 6. The fourth-order valence-corrected chi connectivity index (χ4v) is 3.28. The highest BCUT2D eigenvalue weighted by atomic mass is 19.4. The van der Waals surface area contributed by atoms with Crippen molar-refractivity contribution < 1.29 is 27.4 Å². The van der Waals surface area contributed by atoms with Crippen LogP contribution in [-0.4, -0.2) is 37.3 Å². The molecule has 1 saturated heterocycles. The summed E-state index contributed by atoms with van der Waals surface area (Å²) in [4.78, 5) is 17.8. The molecule has 30 heavy (non-hydrogen) atoms. The molecule has 1 fully saturated rings. The standard InChI is InChI=1S/C21H20F3N3O3/c22-21(23,24)18-4-1-9-26-19(18)27-10-2-3-16(14-27)20(28)30-12-11-29-17-7-5-15(13-25)6-8-17/h1,4-9,16H,2-3,10-12,14H2. The van der Waals surface area contributed by atoms with E-state index in [1.54, 1.807) is 24.3 Å². The van der Waals surface area contributed by atoms with Crippen molar-refractivity contribution in [2.24, 2.45) is 5.92 Å². The molecule has 0 aliphatic carbocycles. The molecule has 1 aromatic heterocycles. The summed E-state index contributed by atoms with van der Waals surface area (Å²) in [5.41, 5.74) is -0.299. The molecule has 1 aliphatic heterocycles. The summed E-state index contributed by atoms with van der Waals surface area (Å²) >= 11 is 0. The Labute approximate surface area is 171 Å². The van der Waals surface area contributed by atoms with Gasteiger partial charge in [-0.2, -0.15) is 18.4 Å². The predicted octanol–water partition coefficient (Wildman–Crippen LogP) is 3.81. The number of halogens is 3. The minimum atomic E-state index is -4.51. The maximum absolute atomic E-state index is 13.3. The topological polar surface area (TPSA) is 75.5 Å². The van der Waals surface area contributed by atoms with Crippen LogP contribution in [0.2, 0.25) is 0 Å². The van der Waals surface area contributed by atoms with Crippen molar-refractivity contribution in [1.82, 2.24) is 4.98 Å². The van der Waals surface area contributed by atoms with Gasteiger partial charge in [0.25, 0.3) is 0 Å². The Kier molecular flexibility index (Phi) is 6.77. The highest BCUT2D eigenvalue weighted by Crippen LogP contribution is 2.36. The first-order valence-corrected chi connectivity index (χ1v) is 9.45. The third-order valence-corrected chi connectivity index (χ3v) is 4.73. The van der Waals surface area contributed by atoms with Crippen LogP contribution < -0.4 is 9.64 Å². The molecule has 1 atom stereocenters. The van der Waals surface area contributed by atoms with Gasteiger partial charge < -0.3 is 14.4 Å². The van der Waals surface area contributed by atoms with Crippen molar-refractivity contribution in [3.63, 3.8) is 0 Å². The number of hydrogen-bond donors (Lipinski definition) is 0. The summed E-state index contributed by atoms with van der Waals surface area (Å²) in [6, 6.07) is 10.8. The number of alkyl halides is 3. The van der Waals surface area contributed by atoms with Crippen LogP contribution in [0.15, 0.2) is 42.6 Å². The van der Waals surface area contributed by atoms with Crippen LogP contribution in [0.25, 0.3) is 0 Å². The van der Waals surface area contributed by atoms with E-state index in [0.717, 1.165) is 6.07 Å². The van der Waals surface area contributed by atoms with Gasteiger partial charge in [-0.15, -0.1) is 0 Å². The number of esters is 1. The molecule has 1 unspecified atom stereocenters. The molecular weight excluding hydrogens is 399 g/mol. The smallest absolute Gasteiger partial charge is 0.419 e. The number of benzene rings is 1. The Morgan fingerprint density at radius 1 is 1.23 bits per heavy atom. The zero-order chi connectivity index (χ0) is 21.6. The summed E-state index contributed by atoms with van der Waals surface area (Å²) < 4.78 is 50.5. The summed E-state index contributed by atoms with van der Waals surface area (Å²) in [6.45, 7) is 0.667. The summed E-state index contributed by atoms with van der Waals surface area (Å²) in [5.74, 6) is -0.611. The number of carbonyl (C=O) groups excluding carboxylic acids is 1. The fraction of sp³-hybridized carbons (Fsp3) is 0.381. The molecule has 3 rings (SSSR count). The molecule has 0 saturated carbocycles. The van der Waals surface area contributed by atoms with E-state index in [0.29, 0.717) is 30.7 Å². The number of nitrogens with zero attached hydrogens (tertiary/aromatic N) is 3. The van der Waals surface area contributed by atoms with Crippen LogP contribution in [0.3, 0.4) is 0 Å². The van der Waals surface area contributed by atoms with Crippen LogP contribution in [0.5, 0.6) is 5.75 Å². The molecule has 158 valence electrons. The van der Waals surface area contributed by atoms with E-state index >= 15 is 0 Å². The van der Waals surface area contributed by atoms with Crippen LogP contribution in [-0.2, 0) is 15.7 Å². The van der Waals surface area contributed by atoms with Gasteiger partial charge in [0.2, 0.25) is 0 Å². The lowest BCUT2D eigenvalue weighted by atomic mass is 9.98. The van der Waals surface area contributed by atoms with E-state index in [1.807, 2.05) is 6.07 Å². The molecule has 1 aliphatic rings. The van der Waals surface area contributed by atoms with Gasteiger partial charge in [0.1, 0.15) is 24.8 Å². The van der Waals surface area contributed by atoms with Crippen molar-refractivity contribution in [3.8, 4) is 11.8 Å². The molecule has 0 spiro atoms. The number of pyridine rings is 1. The van der Waals surface area contributed by atoms with Gasteiger partial charge >= 0.3 is 12.1 Å². The first-order chi connectivity index (χ1) is 14.4. The minimum Gasteiger partial charge on any atom is -0.490 e. The summed E-state index contributed by atoms with van der Waals surface area (Å²) in [7, 11) is 0. The van der Waals surface area contributed by atoms with E-state index in [1.165, 1.54) is 17.2 Å². The lowest BCUT2D eigenvalue weighted by Crippen LogP contribution is -2.41. The first-order valence-electron chi connectivity index (χ1n) is 9.45. The van der Waals surface area contributed by atoms with Crippen LogP contribution in [0, 0.1) is 17.2 Å². The predicted molar refractivity (Wildman–Crippen MR) is 102 cm³/mol. The molecule has 6 nitrogen and oxygen atoms in total. The lowest BCUT2D eigenvalue weighted by Gasteiger charge is -2.33. The van der Waals surface area contributed by atoms with E-state index in [4.69, 9.17) is 14.7 Å². The Morgan fingerprint density at radius 3 is 2.70 bits per heavy atom. The van der Waals surface area contributed by atoms with Crippen LogP contribution in [0.1, 0.15) is 24.0 Å². The van der Waals surface area contributed by atoms with Crippen molar-refractivity contribution >= 4 is 11.8 Å². The maximum atomic E-state index is 13.3. The van der Waals surface area contributed by atoms with Crippen LogP contribution >= 0.6 is 0 Å². The number of ether oxygens (including phenoxy) is 2. The second kappa shape index (κ2) is 9.48. The molecule has 2 aromatic rings. The SMILES string of the molecule is N#Cc1ccc(OCCOC(=O)C2CCCN(c3ncccc3C(F)(F)F)C2)cc1. The Balaban J connectivity index is 1.52. The van der Waals surface area contributed by atoms with Gasteiger partial charge in [0.05, 0.1) is 23.1 Å². The number of aromatic nitrogens is 1. The van der Waals surface area contributed by atoms with Crippen molar-refractivity contribution in [2.75, 3.05) is 31.2 Å². The molecule has 9 heteroatoms. The molecule has 0 amide bonds. The van der Waals surface area contributed by atoms with E-state index in [9.17, 15) is 18.0 Å². The van der Waals surface area contributed by atoms with E-state index < -0.39 is 23.6 Å².